The first-order valence-corrected chi connectivity index (χ1v) is 3.64. The van der Waals surface area contributed by atoms with Crippen LogP contribution in [0.1, 0.15) is 11.1 Å². The predicted molar refractivity (Wildman–Crippen MR) is 49.6 cm³/mol. The summed E-state index contributed by atoms with van der Waals surface area (Å²) in [5, 5.41) is 0. The molecule has 0 saturated carbocycles. The Morgan fingerprint density at radius 3 is 2.17 bits per heavy atom. The van der Waals surface area contributed by atoms with Crippen molar-refractivity contribution in [1.29, 1.82) is 0 Å². The lowest BCUT2D eigenvalue weighted by Crippen LogP contribution is -1.85. The smallest absolute Gasteiger partial charge is 0.119 e. The highest BCUT2D eigenvalue weighted by molar-refractivity contribution is 5.33. The highest BCUT2D eigenvalue weighted by Crippen LogP contribution is 2.15. The summed E-state index contributed by atoms with van der Waals surface area (Å²) >= 11 is 0. The molecule has 0 heterocycles. The third-order valence-corrected chi connectivity index (χ3v) is 1.71. The summed E-state index contributed by atoms with van der Waals surface area (Å²) in [6, 6.07) is 6.08. The first kappa shape index (κ1) is 10.7. The van der Waals surface area contributed by atoms with E-state index in [9.17, 15) is 0 Å². The lowest BCUT2D eigenvalue weighted by atomic mass is 10.1. The van der Waals surface area contributed by atoms with Crippen LogP contribution < -0.4 is 4.74 Å². The number of hydrogen-bond acceptors (Lipinski definition) is 2. The van der Waals surface area contributed by atoms with E-state index in [4.69, 9.17) is 9.53 Å². The second kappa shape index (κ2) is 5.35. The molecule has 12 heavy (non-hydrogen) atoms. The maximum Gasteiger partial charge on any atom is 0.119 e. The van der Waals surface area contributed by atoms with Gasteiger partial charge < -0.3 is 9.53 Å². The Morgan fingerprint density at radius 1 is 1.17 bits per heavy atom. The molecule has 0 atom stereocenters. The van der Waals surface area contributed by atoms with Crippen molar-refractivity contribution in [2.24, 2.45) is 0 Å². The Hall–Kier alpha value is -1.31. The fourth-order valence-corrected chi connectivity index (χ4v) is 0.841. The van der Waals surface area contributed by atoms with Crippen molar-refractivity contribution < 1.29 is 9.53 Å². The van der Waals surface area contributed by atoms with E-state index in [1.807, 2.05) is 18.9 Å². The summed E-state index contributed by atoms with van der Waals surface area (Å²) in [4.78, 5) is 8.00. The Morgan fingerprint density at radius 2 is 1.75 bits per heavy atom. The van der Waals surface area contributed by atoms with E-state index in [1.54, 1.807) is 7.11 Å². The molecule has 2 heteroatoms. The van der Waals surface area contributed by atoms with Crippen LogP contribution >= 0.6 is 0 Å². The lowest BCUT2D eigenvalue weighted by Gasteiger charge is -2.02. The molecular formula is C10H14O2. The minimum Gasteiger partial charge on any atom is -0.497 e. The molecule has 1 rings (SSSR count). The standard InChI is InChI=1S/C9H12O.CH2O/c1-7-4-5-9(10-3)6-8(7)2;1-2/h4-6H,1-3H3;1H2. The number of aryl methyl sites for hydroxylation is 2. The van der Waals surface area contributed by atoms with E-state index >= 15 is 0 Å². The third kappa shape index (κ3) is 2.74. The van der Waals surface area contributed by atoms with E-state index < -0.39 is 0 Å². The number of ether oxygens (including phenoxy) is 1. The SMILES string of the molecule is C=O.COc1ccc(C)c(C)c1. The van der Waals surface area contributed by atoms with Gasteiger partial charge in [-0.3, -0.25) is 0 Å². The minimum absolute atomic E-state index is 0.933. The van der Waals surface area contributed by atoms with Gasteiger partial charge >= 0.3 is 0 Å². The monoisotopic (exact) mass is 166 g/mol. The van der Waals surface area contributed by atoms with Gasteiger partial charge in [0.25, 0.3) is 0 Å². The number of hydrogen-bond donors (Lipinski definition) is 0. The molecule has 0 fully saturated rings. The molecule has 0 aliphatic heterocycles. The summed E-state index contributed by atoms with van der Waals surface area (Å²) < 4.78 is 5.05. The van der Waals surface area contributed by atoms with Gasteiger partial charge in [0.1, 0.15) is 12.5 Å². The highest BCUT2D eigenvalue weighted by Gasteiger charge is 1.93. The van der Waals surface area contributed by atoms with Gasteiger partial charge in [-0.05, 0) is 37.1 Å². The van der Waals surface area contributed by atoms with Crippen molar-refractivity contribution in [3.63, 3.8) is 0 Å². The van der Waals surface area contributed by atoms with Gasteiger partial charge in [-0.25, -0.2) is 0 Å². The molecule has 0 aromatic heterocycles. The third-order valence-electron chi connectivity index (χ3n) is 1.71. The molecule has 0 aliphatic rings. The molecule has 1 aromatic carbocycles. The van der Waals surface area contributed by atoms with Crippen molar-refractivity contribution in [2.75, 3.05) is 7.11 Å². The van der Waals surface area contributed by atoms with Gasteiger partial charge in [-0.2, -0.15) is 0 Å². The quantitative estimate of drug-likeness (QED) is 0.638. The summed E-state index contributed by atoms with van der Waals surface area (Å²) in [5.41, 5.74) is 2.58. The van der Waals surface area contributed by atoms with Crippen LogP contribution in [0, 0.1) is 13.8 Å². The van der Waals surface area contributed by atoms with Gasteiger partial charge in [0.15, 0.2) is 0 Å². The van der Waals surface area contributed by atoms with Crippen LogP contribution in [0.25, 0.3) is 0 Å². The van der Waals surface area contributed by atoms with E-state index in [0.29, 0.717) is 0 Å². The maximum absolute atomic E-state index is 8.00. The van der Waals surface area contributed by atoms with Crippen LogP contribution in [0.3, 0.4) is 0 Å². The van der Waals surface area contributed by atoms with E-state index in [2.05, 4.69) is 19.9 Å². The Kier molecular flexibility index (Phi) is 4.77. The van der Waals surface area contributed by atoms with E-state index in [0.717, 1.165) is 5.75 Å². The summed E-state index contributed by atoms with van der Waals surface area (Å²) in [6.45, 7) is 6.17. The molecule has 0 amide bonds. The molecule has 0 N–H and O–H groups in total. The first-order valence-electron chi connectivity index (χ1n) is 3.64. The number of methoxy groups -OCH3 is 1. The van der Waals surface area contributed by atoms with Gasteiger partial charge in [0.05, 0.1) is 7.11 Å². The second-order valence-electron chi connectivity index (χ2n) is 2.45. The van der Waals surface area contributed by atoms with Gasteiger partial charge in [-0.15, -0.1) is 0 Å². The molecule has 0 bridgehead atoms. The second-order valence-corrected chi connectivity index (χ2v) is 2.45. The number of benzene rings is 1. The molecular weight excluding hydrogens is 152 g/mol. The summed E-state index contributed by atoms with van der Waals surface area (Å²) in [5.74, 6) is 0.933. The van der Waals surface area contributed by atoms with Crippen molar-refractivity contribution in [3.8, 4) is 5.75 Å². The first-order chi connectivity index (χ1) is 5.74. The molecule has 0 saturated heterocycles. The Balaban J connectivity index is 0.000000561. The number of carbonyl (C=O) groups excluding carboxylic acids is 1. The van der Waals surface area contributed by atoms with Crippen molar-refractivity contribution in [2.45, 2.75) is 13.8 Å². The molecule has 0 unspecified atom stereocenters. The van der Waals surface area contributed by atoms with Gasteiger partial charge in [-0.1, -0.05) is 6.07 Å². The van der Waals surface area contributed by atoms with Gasteiger partial charge in [0.2, 0.25) is 0 Å². The average Bonchev–Trinajstić information content (AvgIpc) is 2.13. The van der Waals surface area contributed by atoms with Crippen molar-refractivity contribution in [1.82, 2.24) is 0 Å². The summed E-state index contributed by atoms with van der Waals surface area (Å²) in [7, 11) is 1.68. The minimum atomic E-state index is 0.933. The Labute approximate surface area is 73.2 Å². The lowest BCUT2D eigenvalue weighted by molar-refractivity contribution is -0.0979. The van der Waals surface area contributed by atoms with Crippen molar-refractivity contribution in [3.05, 3.63) is 29.3 Å². The zero-order valence-electron chi connectivity index (χ0n) is 7.76. The molecule has 2 nitrogen and oxygen atoms in total. The summed E-state index contributed by atoms with van der Waals surface area (Å²) in [6.07, 6.45) is 0. The molecule has 0 radical (unpaired) electrons. The van der Waals surface area contributed by atoms with Crippen LogP contribution in [-0.2, 0) is 4.79 Å². The zero-order valence-corrected chi connectivity index (χ0v) is 7.76. The van der Waals surface area contributed by atoms with Crippen molar-refractivity contribution >= 4 is 6.79 Å². The predicted octanol–water partition coefficient (Wildman–Crippen LogP) is 2.13. The van der Waals surface area contributed by atoms with Crippen LogP contribution in [-0.4, -0.2) is 13.9 Å². The average molecular weight is 166 g/mol. The van der Waals surface area contributed by atoms with Crippen LogP contribution in [0.4, 0.5) is 0 Å². The highest BCUT2D eigenvalue weighted by atomic mass is 16.5. The number of carbonyl (C=O) groups is 1. The molecule has 0 spiro atoms. The largest absolute Gasteiger partial charge is 0.497 e. The topological polar surface area (TPSA) is 26.3 Å². The number of rotatable bonds is 1. The molecule has 1 aromatic rings. The van der Waals surface area contributed by atoms with Gasteiger partial charge in [0, 0.05) is 0 Å². The maximum atomic E-state index is 8.00. The fraction of sp³-hybridized carbons (Fsp3) is 0.300. The molecule has 0 aliphatic carbocycles. The van der Waals surface area contributed by atoms with E-state index in [1.165, 1.54) is 11.1 Å². The fourth-order valence-electron chi connectivity index (χ4n) is 0.841. The normalized spacial score (nSPS) is 8.25. The molecule has 66 valence electrons. The van der Waals surface area contributed by atoms with Crippen LogP contribution in [0.5, 0.6) is 5.75 Å². The van der Waals surface area contributed by atoms with Crippen LogP contribution in [0.15, 0.2) is 18.2 Å². The zero-order chi connectivity index (χ0) is 9.56. The van der Waals surface area contributed by atoms with Crippen LogP contribution in [0.2, 0.25) is 0 Å². The van der Waals surface area contributed by atoms with E-state index in [-0.39, 0.29) is 0 Å². The Bertz CT molecular complexity index is 244.